The number of imidazole rings is 1. The van der Waals surface area contributed by atoms with Gasteiger partial charge in [-0.15, -0.1) is 0 Å². The van der Waals surface area contributed by atoms with Crippen molar-refractivity contribution in [2.24, 2.45) is 11.8 Å². The van der Waals surface area contributed by atoms with E-state index in [1.165, 1.54) is 4.90 Å². The second-order valence-electron chi connectivity index (χ2n) is 8.98. The van der Waals surface area contributed by atoms with Crippen LogP contribution in [0.1, 0.15) is 57.2 Å². The molecule has 2 aromatic rings. The summed E-state index contributed by atoms with van der Waals surface area (Å²) in [5, 5.41) is 0. The molecule has 0 spiro atoms. The lowest BCUT2D eigenvalue weighted by Gasteiger charge is -2.35. The lowest BCUT2D eigenvalue weighted by atomic mass is 9.81. The fourth-order valence-electron chi connectivity index (χ4n) is 5.51. The molecule has 158 valence electrons. The number of rotatable bonds is 3. The van der Waals surface area contributed by atoms with Crippen LogP contribution in [0.25, 0.3) is 11.0 Å². The summed E-state index contributed by atoms with van der Waals surface area (Å²) in [5.74, 6) is 0.191. The van der Waals surface area contributed by atoms with E-state index in [1.807, 2.05) is 29.2 Å². The SMILES string of the molecule is C[C@H](C(=O)N1CCC[C@H](c2nc3ccccc3[nH]2)C1)N1C(=O)[C@@H]2CCCC[C@H]2C1=O. The number of piperidine rings is 1. The van der Waals surface area contributed by atoms with Crippen LogP contribution in [-0.2, 0) is 14.4 Å². The van der Waals surface area contributed by atoms with E-state index in [4.69, 9.17) is 4.98 Å². The van der Waals surface area contributed by atoms with Crippen molar-refractivity contribution in [1.29, 1.82) is 0 Å². The molecule has 3 fully saturated rings. The van der Waals surface area contributed by atoms with E-state index in [9.17, 15) is 14.4 Å². The molecular formula is C23H28N4O3. The molecule has 3 amide bonds. The zero-order valence-electron chi connectivity index (χ0n) is 17.3. The average Bonchev–Trinajstić information content (AvgIpc) is 3.32. The van der Waals surface area contributed by atoms with Crippen molar-refractivity contribution in [3.63, 3.8) is 0 Å². The highest BCUT2D eigenvalue weighted by Gasteiger charge is 2.51. The van der Waals surface area contributed by atoms with Crippen LogP contribution < -0.4 is 0 Å². The fraction of sp³-hybridized carbons (Fsp3) is 0.565. The van der Waals surface area contributed by atoms with Crippen LogP contribution in [0.15, 0.2) is 24.3 Å². The van der Waals surface area contributed by atoms with Gasteiger partial charge in [0.05, 0.1) is 22.9 Å². The second-order valence-corrected chi connectivity index (χ2v) is 8.98. The predicted octanol–water partition coefficient (Wildman–Crippen LogP) is 2.83. The standard InChI is InChI=1S/C23H28N4O3/c1-14(27-22(29)16-8-2-3-9-17(16)23(27)30)21(28)26-12-6-7-15(13-26)20-24-18-10-4-5-11-19(18)25-20/h4-5,10-11,14-17H,2-3,6-9,12-13H2,1H3,(H,24,25)/t14-,15+,16-,17-/m1/s1. The minimum absolute atomic E-state index is 0.129. The van der Waals surface area contributed by atoms with Crippen molar-refractivity contribution in [3.05, 3.63) is 30.1 Å². The Labute approximate surface area is 175 Å². The number of carbonyl (C=O) groups excluding carboxylic acids is 3. The first-order chi connectivity index (χ1) is 14.5. The number of imide groups is 1. The summed E-state index contributed by atoms with van der Waals surface area (Å²) in [5.41, 5.74) is 1.93. The van der Waals surface area contributed by atoms with Gasteiger partial charge in [-0.2, -0.15) is 0 Å². The normalized spacial score (nSPS) is 28.1. The van der Waals surface area contributed by atoms with Gasteiger partial charge in [-0.25, -0.2) is 4.98 Å². The van der Waals surface area contributed by atoms with Crippen molar-refractivity contribution < 1.29 is 14.4 Å². The first kappa shape index (κ1) is 19.3. The zero-order chi connectivity index (χ0) is 20.8. The van der Waals surface area contributed by atoms with Gasteiger partial charge in [-0.1, -0.05) is 25.0 Å². The van der Waals surface area contributed by atoms with Crippen LogP contribution in [0.3, 0.4) is 0 Å². The highest BCUT2D eigenvalue weighted by atomic mass is 16.2. The van der Waals surface area contributed by atoms with E-state index < -0.39 is 6.04 Å². The molecule has 7 nitrogen and oxygen atoms in total. The van der Waals surface area contributed by atoms with Gasteiger partial charge in [0, 0.05) is 19.0 Å². The number of nitrogens with zero attached hydrogens (tertiary/aromatic N) is 3. The topological polar surface area (TPSA) is 86.4 Å². The minimum Gasteiger partial charge on any atom is -0.342 e. The van der Waals surface area contributed by atoms with Crippen LogP contribution in [0, 0.1) is 11.8 Å². The number of aromatic amines is 1. The maximum atomic E-state index is 13.3. The molecule has 0 radical (unpaired) electrons. The molecule has 0 unspecified atom stereocenters. The Balaban J connectivity index is 1.31. The molecule has 1 N–H and O–H groups in total. The minimum atomic E-state index is -0.731. The molecule has 1 aromatic heterocycles. The van der Waals surface area contributed by atoms with Crippen molar-refractivity contribution >= 4 is 28.8 Å². The number of hydrogen-bond acceptors (Lipinski definition) is 4. The Morgan fingerprint density at radius 2 is 1.77 bits per heavy atom. The second kappa shape index (κ2) is 7.52. The van der Waals surface area contributed by atoms with Gasteiger partial charge in [-0.3, -0.25) is 19.3 Å². The third-order valence-corrected chi connectivity index (χ3v) is 7.15. The number of benzene rings is 1. The van der Waals surface area contributed by atoms with E-state index in [0.29, 0.717) is 13.1 Å². The summed E-state index contributed by atoms with van der Waals surface area (Å²) in [6.45, 7) is 2.93. The fourth-order valence-corrected chi connectivity index (χ4v) is 5.51. The quantitative estimate of drug-likeness (QED) is 0.792. The van der Waals surface area contributed by atoms with E-state index >= 15 is 0 Å². The summed E-state index contributed by atoms with van der Waals surface area (Å²) in [6, 6.07) is 7.19. The molecule has 2 aliphatic heterocycles. The monoisotopic (exact) mass is 408 g/mol. The first-order valence-electron chi connectivity index (χ1n) is 11.1. The molecule has 5 rings (SSSR count). The summed E-state index contributed by atoms with van der Waals surface area (Å²) in [7, 11) is 0. The van der Waals surface area contributed by atoms with E-state index in [-0.39, 0.29) is 35.5 Å². The average molecular weight is 409 g/mol. The van der Waals surface area contributed by atoms with Gasteiger partial charge in [0.25, 0.3) is 0 Å². The summed E-state index contributed by atoms with van der Waals surface area (Å²) in [4.78, 5) is 50.2. The number of carbonyl (C=O) groups is 3. The summed E-state index contributed by atoms with van der Waals surface area (Å²) >= 11 is 0. The molecule has 0 bridgehead atoms. The zero-order valence-corrected chi connectivity index (χ0v) is 17.3. The first-order valence-corrected chi connectivity index (χ1v) is 11.1. The molecule has 3 aliphatic rings. The third kappa shape index (κ3) is 3.11. The van der Waals surface area contributed by atoms with Gasteiger partial charge in [0.1, 0.15) is 11.9 Å². The molecule has 1 saturated carbocycles. The molecule has 4 atom stereocenters. The molecule has 1 aromatic carbocycles. The Morgan fingerprint density at radius 3 is 2.47 bits per heavy atom. The molecule has 30 heavy (non-hydrogen) atoms. The van der Waals surface area contributed by atoms with E-state index in [2.05, 4.69) is 4.98 Å². The summed E-state index contributed by atoms with van der Waals surface area (Å²) in [6.07, 6.45) is 5.36. The van der Waals surface area contributed by atoms with E-state index in [1.54, 1.807) is 6.92 Å². The van der Waals surface area contributed by atoms with Crippen LogP contribution in [-0.4, -0.2) is 56.6 Å². The number of fused-ring (bicyclic) bond motifs is 2. The largest absolute Gasteiger partial charge is 0.342 e. The number of likely N-dealkylation sites (tertiary alicyclic amines) is 2. The van der Waals surface area contributed by atoms with Crippen LogP contribution in [0.4, 0.5) is 0 Å². The van der Waals surface area contributed by atoms with Crippen molar-refractivity contribution in [2.75, 3.05) is 13.1 Å². The van der Waals surface area contributed by atoms with Crippen LogP contribution in [0.5, 0.6) is 0 Å². The number of aromatic nitrogens is 2. The molecule has 7 heteroatoms. The van der Waals surface area contributed by atoms with Gasteiger partial charge in [0.2, 0.25) is 17.7 Å². The van der Waals surface area contributed by atoms with Crippen molar-refractivity contribution in [1.82, 2.24) is 19.8 Å². The maximum Gasteiger partial charge on any atom is 0.245 e. The molecule has 3 heterocycles. The predicted molar refractivity (Wildman–Crippen MR) is 111 cm³/mol. The lowest BCUT2D eigenvalue weighted by molar-refractivity contribution is -0.151. The van der Waals surface area contributed by atoms with Crippen molar-refractivity contribution in [2.45, 2.75) is 57.4 Å². The third-order valence-electron chi connectivity index (χ3n) is 7.15. The smallest absolute Gasteiger partial charge is 0.245 e. The lowest BCUT2D eigenvalue weighted by Crippen LogP contribution is -2.52. The van der Waals surface area contributed by atoms with Gasteiger partial charge < -0.3 is 9.88 Å². The number of amides is 3. The number of hydrogen-bond donors (Lipinski definition) is 1. The van der Waals surface area contributed by atoms with Crippen LogP contribution in [0.2, 0.25) is 0 Å². The van der Waals surface area contributed by atoms with Crippen LogP contribution >= 0.6 is 0 Å². The Morgan fingerprint density at radius 1 is 1.07 bits per heavy atom. The summed E-state index contributed by atoms with van der Waals surface area (Å²) < 4.78 is 0. The Bertz CT molecular complexity index is 942. The van der Waals surface area contributed by atoms with E-state index in [0.717, 1.165) is 55.4 Å². The molecular weight excluding hydrogens is 380 g/mol. The number of H-pyrrole nitrogens is 1. The highest BCUT2D eigenvalue weighted by molar-refractivity contribution is 6.08. The molecule has 2 saturated heterocycles. The van der Waals surface area contributed by atoms with Gasteiger partial charge in [0.15, 0.2) is 0 Å². The molecule has 1 aliphatic carbocycles. The highest BCUT2D eigenvalue weighted by Crippen LogP contribution is 2.39. The Kier molecular flexibility index (Phi) is 4.83. The van der Waals surface area contributed by atoms with Gasteiger partial charge in [-0.05, 0) is 44.7 Å². The van der Waals surface area contributed by atoms with Gasteiger partial charge >= 0.3 is 0 Å². The number of para-hydroxylation sites is 2. The Hall–Kier alpha value is -2.70. The number of nitrogens with one attached hydrogen (secondary N) is 1. The van der Waals surface area contributed by atoms with Crippen molar-refractivity contribution in [3.8, 4) is 0 Å². The maximum absolute atomic E-state index is 13.3.